The van der Waals surface area contributed by atoms with Crippen molar-refractivity contribution >= 4 is 29.1 Å². The molecule has 0 spiro atoms. The van der Waals surface area contributed by atoms with Crippen molar-refractivity contribution in [3.63, 3.8) is 0 Å². The highest BCUT2D eigenvalue weighted by Gasteiger charge is 2.42. The lowest BCUT2D eigenvalue weighted by Gasteiger charge is -2.33. The van der Waals surface area contributed by atoms with Crippen LogP contribution in [0.3, 0.4) is 0 Å². The van der Waals surface area contributed by atoms with Gasteiger partial charge in [0.25, 0.3) is 5.91 Å². The maximum atomic E-state index is 13.1. The Morgan fingerprint density at radius 1 is 1.14 bits per heavy atom. The Balaban J connectivity index is 1.95. The number of carbonyl (C=O) groups is 1. The van der Waals surface area contributed by atoms with Gasteiger partial charge in [-0.15, -0.1) is 0 Å². The van der Waals surface area contributed by atoms with Gasteiger partial charge >= 0.3 is 6.18 Å². The van der Waals surface area contributed by atoms with Gasteiger partial charge in [-0.25, -0.2) is 4.98 Å². The van der Waals surface area contributed by atoms with Crippen molar-refractivity contribution in [2.45, 2.75) is 43.5 Å². The molecule has 1 atom stereocenters. The first-order valence-corrected chi connectivity index (χ1v) is 9.38. The first-order chi connectivity index (χ1) is 13.1. The molecule has 2 N–H and O–H groups in total. The molecule has 1 aromatic carbocycles. The third-order valence-corrected chi connectivity index (χ3v) is 5.53. The molecule has 4 nitrogen and oxygen atoms in total. The molecular weight excluding hydrogens is 416 g/mol. The third-order valence-electron chi connectivity index (χ3n) is 4.90. The van der Waals surface area contributed by atoms with Crippen LogP contribution in [-0.4, -0.2) is 21.6 Å². The first kappa shape index (κ1) is 20.9. The smallest absolute Gasteiger partial charge is 0.387 e. The van der Waals surface area contributed by atoms with E-state index in [4.69, 9.17) is 23.2 Å². The Bertz CT molecular complexity index is 866. The Morgan fingerprint density at radius 3 is 2.32 bits per heavy atom. The molecule has 0 saturated heterocycles. The molecule has 0 aliphatic heterocycles. The molecule has 28 heavy (non-hydrogen) atoms. The molecule has 2 aromatic rings. The van der Waals surface area contributed by atoms with Crippen LogP contribution in [0.5, 0.6) is 0 Å². The molecule has 1 unspecified atom stereocenters. The molecular formula is C19H17Cl2F3N2O2. The van der Waals surface area contributed by atoms with Crippen molar-refractivity contribution in [2.75, 3.05) is 0 Å². The summed E-state index contributed by atoms with van der Waals surface area (Å²) in [5, 5.41) is 13.4. The summed E-state index contributed by atoms with van der Waals surface area (Å²) in [5.41, 5.74) is -2.32. The van der Waals surface area contributed by atoms with E-state index in [2.05, 4.69) is 10.3 Å². The molecule has 3 rings (SSSR count). The lowest BCUT2D eigenvalue weighted by atomic mass is 9.87. The topological polar surface area (TPSA) is 62.2 Å². The van der Waals surface area contributed by atoms with Gasteiger partial charge in [0.2, 0.25) is 0 Å². The first-order valence-electron chi connectivity index (χ1n) is 8.62. The molecule has 1 aromatic heterocycles. The summed E-state index contributed by atoms with van der Waals surface area (Å²) in [6, 6.07) is 6.41. The van der Waals surface area contributed by atoms with Gasteiger partial charge in [-0.05, 0) is 36.6 Å². The molecule has 1 aliphatic rings. The van der Waals surface area contributed by atoms with Crippen molar-refractivity contribution in [3.8, 4) is 0 Å². The van der Waals surface area contributed by atoms with Crippen LogP contribution in [0.15, 0.2) is 36.5 Å². The lowest BCUT2D eigenvalue weighted by molar-refractivity contribution is -0.137. The zero-order valence-corrected chi connectivity index (χ0v) is 16.1. The summed E-state index contributed by atoms with van der Waals surface area (Å²) in [4.78, 5) is 16.4. The van der Waals surface area contributed by atoms with Gasteiger partial charge in [-0.1, -0.05) is 48.2 Å². The number of aliphatic hydroxyl groups is 1. The SMILES string of the molecule is O=C(NC(c1ccc(Cl)cc1)C1(O)CCCC1)c1nccc(C(F)(F)F)c1Cl. The van der Waals surface area contributed by atoms with E-state index in [0.717, 1.165) is 19.0 Å². The summed E-state index contributed by atoms with van der Waals surface area (Å²) in [7, 11) is 0. The molecule has 9 heteroatoms. The molecule has 0 radical (unpaired) electrons. The lowest BCUT2D eigenvalue weighted by Crippen LogP contribution is -2.44. The van der Waals surface area contributed by atoms with E-state index in [1.807, 2.05) is 0 Å². The number of halogens is 5. The highest BCUT2D eigenvalue weighted by atomic mass is 35.5. The average Bonchev–Trinajstić information content (AvgIpc) is 3.07. The van der Waals surface area contributed by atoms with Crippen LogP contribution < -0.4 is 5.32 Å². The van der Waals surface area contributed by atoms with Crippen molar-refractivity contribution in [3.05, 3.63) is 63.4 Å². The van der Waals surface area contributed by atoms with Gasteiger partial charge in [0.1, 0.15) is 5.69 Å². The quantitative estimate of drug-likeness (QED) is 0.699. The summed E-state index contributed by atoms with van der Waals surface area (Å²) in [6.45, 7) is 0. The second-order valence-corrected chi connectivity index (χ2v) is 7.60. The minimum atomic E-state index is -4.71. The van der Waals surface area contributed by atoms with E-state index in [9.17, 15) is 23.1 Å². The van der Waals surface area contributed by atoms with Gasteiger partial charge in [0.15, 0.2) is 0 Å². The molecule has 1 aliphatic carbocycles. The number of hydrogen-bond donors (Lipinski definition) is 2. The maximum Gasteiger partial charge on any atom is 0.417 e. The Hall–Kier alpha value is -1.83. The van der Waals surface area contributed by atoms with Crippen LogP contribution in [0.4, 0.5) is 13.2 Å². The number of nitrogens with zero attached hydrogens (tertiary/aromatic N) is 1. The van der Waals surface area contributed by atoms with E-state index in [1.54, 1.807) is 24.3 Å². The zero-order chi connectivity index (χ0) is 20.5. The minimum absolute atomic E-state index is 0.449. The highest BCUT2D eigenvalue weighted by molar-refractivity contribution is 6.34. The number of rotatable bonds is 4. The Labute approximate surface area is 169 Å². The summed E-state index contributed by atoms with van der Waals surface area (Å²) >= 11 is 11.7. The molecule has 1 amide bonds. The number of alkyl halides is 3. The summed E-state index contributed by atoms with van der Waals surface area (Å²) in [6.07, 6.45) is -1.38. The molecule has 1 saturated carbocycles. The van der Waals surface area contributed by atoms with Gasteiger partial charge < -0.3 is 10.4 Å². The number of hydrogen-bond acceptors (Lipinski definition) is 3. The van der Waals surface area contributed by atoms with Crippen LogP contribution >= 0.6 is 23.2 Å². The fraction of sp³-hybridized carbons (Fsp3) is 0.368. The number of pyridine rings is 1. The number of carbonyl (C=O) groups excluding carboxylic acids is 1. The van der Waals surface area contributed by atoms with Crippen LogP contribution in [0, 0.1) is 0 Å². The van der Waals surface area contributed by atoms with Crippen molar-refractivity contribution in [1.29, 1.82) is 0 Å². The zero-order valence-electron chi connectivity index (χ0n) is 14.6. The van der Waals surface area contributed by atoms with E-state index in [-0.39, 0.29) is 0 Å². The van der Waals surface area contributed by atoms with Gasteiger partial charge in [0, 0.05) is 11.2 Å². The van der Waals surface area contributed by atoms with Crippen LogP contribution in [0.25, 0.3) is 0 Å². The Kier molecular flexibility index (Phi) is 5.89. The van der Waals surface area contributed by atoms with Gasteiger partial charge in [-0.2, -0.15) is 13.2 Å². The number of nitrogens with one attached hydrogen (secondary N) is 1. The second kappa shape index (κ2) is 7.89. The molecule has 1 heterocycles. The summed E-state index contributed by atoms with van der Waals surface area (Å²) < 4.78 is 39.2. The fourth-order valence-corrected chi connectivity index (χ4v) is 3.91. The van der Waals surface area contributed by atoms with E-state index >= 15 is 0 Å². The third kappa shape index (κ3) is 4.26. The predicted molar refractivity (Wildman–Crippen MR) is 99.3 cm³/mol. The van der Waals surface area contributed by atoms with Gasteiger partial charge in [-0.3, -0.25) is 4.79 Å². The highest BCUT2D eigenvalue weighted by Crippen LogP contribution is 2.41. The fourth-order valence-electron chi connectivity index (χ4n) is 3.48. The number of aromatic nitrogens is 1. The maximum absolute atomic E-state index is 13.1. The van der Waals surface area contributed by atoms with Crippen molar-refractivity contribution < 1.29 is 23.1 Å². The number of amides is 1. The minimum Gasteiger partial charge on any atom is -0.387 e. The van der Waals surface area contributed by atoms with Crippen molar-refractivity contribution in [2.24, 2.45) is 0 Å². The predicted octanol–water partition coefficient (Wildman–Crippen LogP) is 5.18. The van der Waals surface area contributed by atoms with Gasteiger partial charge in [0.05, 0.1) is 22.2 Å². The van der Waals surface area contributed by atoms with Crippen molar-refractivity contribution in [1.82, 2.24) is 10.3 Å². The molecule has 0 bridgehead atoms. The molecule has 150 valence electrons. The monoisotopic (exact) mass is 432 g/mol. The normalized spacial score (nSPS) is 17.4. The largest absolute Gasteiger partial charge is 0.417 e. The second-order valence-electron chi connectivity index (χ2n) is 6.79. The van der Waals surface area contributed by atoms with E-state index in [0.29, 0.717) is 29.5 Å². The average molecular weight is 433 g/mol. The number of benzene rings is 1. The Morgan fingerprint density at radius 2 is 1.75 bits per heavy atom. The van der Waals surface area contributed by atoms with Crippen LogP contribution in [0.1, 0.15) is 53.3 Å². The standard InChI is InChI=1S/C19H17Cl2F3N2O2/c20-12-5-3-11(4-6-12)16(18(28)8-1-2-9-18)26-17(27)15-14(21)13(7-10-25-15)19(22,23)24/h3-7,10,16,28H,1-2,8-9H2,(H,26,27). The summed E-state index contributed by atoms with van der Waals surface area (Å²) in [5.74, 6) is -0.892. The van der Waals surface area contributed by atoms with E-state index < -0.39 is 40.0 Å². The van der Waals surface area contributed by atoms with Crippen LogP contribution in [0.2, 0.25) is 10.0 Å². The molecule has 1 fully saturated rings. The van der Waals surface area contributed by atoms with Crippen LogP contribution in [-0.2, 0) is 6.18 Å². The van der Waals surface area contributed by atoms with E-state index in [1.165, 1.54) is 0 Å².